The molecule has 1 saturated carbocycles. The molecule has 4 amide bonds. The average molecular weight is 690 g/mol. The van der Waals surface area contributed by atoms with Gasteiger partial charge in [-0.2, -0.15) is 0 Å². The van der Waals surface area contributed by atoms with Gasteiger partial charge in [0.25, 0.3) is 5.91 Å². The summed E-state index contributed by atoms with van der Waals surface area (Å²) in [7, 11) is 0. The molecule has 14 nitrogen and oxygen atoms in total. The first-order valence-electron chi connectivity index (χ1n) is 17.5. The summed E-state index contributed by atoms with van der Waals surface area (Å²) in [6, 6.07) is 10.6. The zero-order chi connectivity index (χ0) is 35.6. The van der Waals surface area contributed by atoms with Gasteiger partial charge in [-0.05, 0) is 55.5 Å². The number of benzene rings is 2. The Labute approximate surface area is 290 Å². The van der Waals surface area contributed by atoms with E-state index in [-0.39, 0.29) is 38.5 Å². The van der Waals surface area contributed by atoms with Crippen LogP contribution in [0, 0.1) is 5.92 Å². The van der Waals surface area contributed by atoms with Crippen molar-refractivity contribution >= 4 is 34.4 Å². The second-order valence-corrected chi connectivity index (χ2v) is 14.6. The van der Waals surface area contributed by atoms with Gasteiger partial charge >= 0.3 is 0 Å². The number of primary amides is 1. The quantitative estimate of drug-likeness (QED) is 0.199. The molecule has 14 heteroatoms. The van der Waals surface area contributed by atoms with E-state index >= 15 is 0 Å². The van der Waals surface area contributed by atoms with Crippen LogP contribution in [0.5, 0.6) is 0 Å². The number of fused-ring (bicyclic) bond motifs is 1. The van der Waals surface area contributed by atoms with Crippen molar-refractivity contribution in [3.8, 4) is 0 Å². The van der Waals surface area contributed by atoms with Gasteiger partial charge < -0.3 is 36.2 Å². The van der Waals surface area contributed by atoms with Crippen LogP contribution in [0.1, 0.15) is 87.3 Å². The molecule has 2 aliphatic heterocycles. The van der Waals surface area contributed by atoms with Crippen molar-refractivity contribution in [2.45, 2.75) is 101 Å². The number of aliphatic hydroxyl groups is 2. The number of aromatic nitrogens is 3. The fourth-order valence-corrected chi connectivity index (χ4v) is 7.75. The molecule has 0 radical (unpaired) electrons. The molecule has 3 aliphatic rings. The molecule has 3 aromatic rings. The maximum absolute atomic E-state index is 14.8. The standard InChI is InChI=1S/C36H47N7O7/c1-35(2,49)29-19-38-41-43(29)26-18-28(33(47)40-36(14-15-50-21-36)30(44)31(37)45)42(20-26)34(48)27(16-22-8-4-3-5-9-22)39-32(46)25-13-12-23-10-6-7-11-24(23)17-25/h6-7,10-13,17,19,22,26-28,30,44,49H,3-5,8-9,14-16,18,20-21H2,1-2H3,(H2,37,45)(H,39,46)(H,40,47)/t26-,27+,28-,30?,36?/m0/s1. The van der Waals surface area contributed by atoms with E-state index in [2.05, 4.69) is 20.9 Å². The van der Waals surface area contributed by atoms with E-state index in [1.165, 1.54) is 15.8 Å². The van der Waals surface area contributed by atoms with Crippen LogP contribution < -0.4 is 16.4 Å². The third-order valence-electron chi connectivity index (χ3n) is 10.5. The molecule has 0 spiro atoms. The molecule has 2 aromatic carbocycles. The summed E-state index contributed by atoms with van der Waals surface area (Å²) in [5.41, 5.74) is 3.51. The van der Waals surface area contributed by atoms with Crippen LogP contribution in [0.2, 0.25) is 0 Å². The average Bonchev–Trinajstić information content (AvgIpc) is 3.88. The molecule has 3 fully saturated rings. The van der Waals surface area contributed by atoms with E-state index in [9.17, 15) is 29.4 Å². The van der Waals surface area contributed by atoms with Crippen molar-refractivity contribution in [1.29, 1.82) is 0 Å². The number of hydrogen-bond acceptors (Lipinski definition) is 9. The summed E-state index contributed by atoms with van der Waals surface area (Å²) in [6.07, 6.45) is 5.46. The minimum Gasteiger partial charge on any atom is -0.384 e. The zero-order valence-electron chi connectivity index (χ0n) is 28.6. The number of carbonyl (C=O) groups is 4. The highest BCUT2D eigenvalue weighted by atomic mass is 16.5. The summed E-state index contributed by atoms with van der Waals surface area (Å²) in [5, 5.41) is 37.6. The largest absolute Gasteiger partial charge is 0.384 e. The predicted octanol–water partition coefficient (Wildman–Crippen LogP) is 1.69. The molecular formula is C36H47N7O7. The van der Waals surface area contributed by atoms with E-state index in [1.54, 1.807) is 26.0 Å². The number of likely N-dealkylation sites (tertiary alicyclic amines) is 1. The molecule has 6 rings (SSSR count). The first-order valence-corrected chi connectivity index (χ1v) is 17.5. The van der Waals surface area contributed by atoms with Crippen molar-refractivity contribution in [2.75, 3.05) is 19.8 Å². The normalized spacial score (nSPS) is 24.2. The Bertz CT molecular complexity index is 1720. The fraction of sp³-hybridized carbons (Fsp3) is 0.556. The summed E-state index contributed by atoms with van der Waals surface area (Å²) in [5.74, 6) is -2.22. The van der Waals surface area contributed by atoms with Crippen LogP contribution in [0.25, 0.3) is 10.8 Å². The lowest BCUT2D eigenvalue weighted by Gasteiger charge is -2.35. The number of carbonyl (C=O) groups excluding carboxylic acids is 4. The molecule has 2 unspecified atom stereocenters. The van der Waals surface area contributed by atoms with E-state index in [0.717, 1.165) is 42.9 Å². The Balaban J connectivity index is 1.32. The van der Waals surface area contributed by atoms with Crippen molar-refractivity contribution in [3.05, 3.63) is 59.9 Å². The Morgan fingerprint density at radius 3 is 2.52 bits per heavy atom. The van der Waals surface area contributed by atoms with Crippen LogP contribution in [0.3, 0.4) is 0 Å². The predicted molar refractivity (Wildman–Crippen MR) is 182 cm³/mol. The first kappa shape index (κ1) is 35.4. The second kappa shape index (κ2) is 14.4. The van der Waals surface area contributed by atoms with Gasteiger partial charge in [0.1, 0.15) is 23.2 Å². The van der Waals surface area contributed by atoms with Crippen molar-refractivity contribution in [2.24, 2.45) is 11.7 Å². The molecule has 3 heterocycles. The lowest BCUT2D eigenvalue weighted by molar-refractivity contribution is -0.143. The van der Waals surface area contributed by atoms with Gasteiger partial charge in [-0.1, -0.05) is 67.6 Å². The number of nitrogens with one attached hydrogen (secondary N) is 2. The second-order valence-electron chi connectivity index (χ2n) is 14.6. The number of nitrogens with two attached hydrogens (primary N) is 1. The number of amides is 4. The lowest BCUT2D eigenvalue weighted by atomic mass is 9.84. The first-order chi connectivity index (χ1) is 23.9. The van der Waals surface area contributed by atoms with Gasteiger partial charge in [0.2, 0.25) is 17.7 Å². The van der Waals surface area contributed by atoms with E-state index in [1.807, 2.05) is 30.3 Å². The Kier molecular flexibility index (Phi) is 10.2. The van der Waals surface area contributed by atoms with Gasteiger partial charge in [0, 0.05) is 25.1 Å². The molecule has 0 bridgehead atoms. The molecule has 2 saturated heterocycles. The molecule has 50 heavy (non-hydrogen) atoms. The van der Waals surface area contributed by atoms with Gasteiger partial charge in [0.15, 0.2) is 6.10 Å². The highest BCUT2D eigenvalue weighted by Gasteiger charge is 2.50. The summed E-state index contributed by atoms with van der Waals surface area (Å²) in [4.78, 5) is 56.3. The molecular weight excluding hydrogens is 642 g/mol. The smallest absolute Gasteiger partial charge is 0.251 e. The van der Waals surface area contributed by atoms with Gasteiger partial charge in [-0.25, -0.2) is 4.68 Å². The Hall–Kier alpha value is -4.40. The number of aliphatic hydroxyl groups excluding tert-OH is 1. The van der Waals surface area contributed by atoms with Crippen molar-refractivity contribution < 1.29 is 34.1 Å². The SMILES string of the molecule is CC(C)(O)c1cnnn1[C@H]1C[C@@H](C(=O)NC2(C(O)C(N)=O)CCOC2)N(C(=O)[C@@H](CC2CCCCC2)NC(=O)c2ccc3ccccc3c2)C1. The number of rotatable bonds is 11. The van der Waals surface area contributed by atoms with Gasteiger partial charge in [-0.15, -0.1) is 5.10 Å². The minimum absolute atomic E-state index is 0.0399. The fourth-order valence-electron chi connectivity index (χ4n) is 7.75. The highest BCUT2D eigenvalue weighted by Crippen LogP contribution is 2.34. The molecule has 5 atom stereocenters. The summed E-state index contributed by atoms with van der Waals surface area (Å²) in [6.45, 7) is 3.30. The highest BCUT2D eigenvalue weighted by molar-refractivity contribution is 6.01. The number of ether oxygens (including phenoxy) is 1. The molecule has 6 N–H and O–H groups in total. The summed E-state index contributed by atoms with van der Waals surface area (Å²) >= 11 is 0. The van der Waals surface area contributed by atoms with E-state index < -0.39 is 59.0 Å². The topological polar surface area (TPSA) is 202 Å². The van der Waals surface area contributed by atoms with Crippen LogP contribution in [0.4, 0.5) is 0 Å². The van der Waals surface area contributed by atoms with E-state index in [0.29, 0.717) is 17.7 Å². The Morgan fingerprint density at radius 1 is 1.10 bits per heavy atom. The minimum atomic E-state index is -1.72. The maximum atomic E-state index is 14.8. The van der Waals surface area contributed by atoms with Gasteiger partial charge in [-0.3, -0.25) is 19.2 Å². The zero-order valence-corrected chi connectivity index (χ0v) is 28.6. The molecule has 1 aliphatic carbocycles. The monoisotopic (exact) mass is 689 g/mol. The molecule has 1 aromatic heterocycles. The third-order valence-corrected chi connectivity index (χ3v) is 10.5. The van der Waals surface area contributed by atoms with Gasteiger partial charge in [0.05, 0.1) is 24.5 Å². The lowest BCUT2D eigenvalue weighted by Crippen LogP contribution is -2.64. The number of nitrogens with zero attached hydrogens (tertiary/aromatic N) is 4. The van der Waals surface area contributed by atoms with Crippen LogP contribution in [-0.2, 0) is 24.7 Å². The summed E-state index contributed by atoms with van der Waals surface area (Å²) < 4.78 is 7.01. The van der Waals surface area contributed by atoms with Crippen LogP contribution in [0.15, 0.2) is 48.7 Å². The molecule has 268 valence electrons. The number of hydrogen-bond donors (Lipinski definition) is 5. The van der Waals surface area contributed by atoms with Crippen molar-refractivity contribution in [1.82, 2.24) is 30.5 Å². The van der Waals surface area contributed by atoms with Crippen molar-refractivity contribution in [3.63, 3.8) is 0 Å². The van der Waals surface area contributed by atoms with Crippen LogP contribution in [-0.4, -0.2) is 97.2 Å². The Morgan fingerprint density at radius 2 is 1.84 bits per heavy atom. The van der Waals surface area contributed by atoms with Crippen LogP contribution >= 0.6 is 0 Å². The maximum Gasteiger partial charge on any atom is 0.251 e. The third kappa shape index (κ3) is 7.37. The van der Waals surface area contributed by atoms with E-state index in [4.69, 9.17) is 10.5 Å².